The number of nitrogens with one attached hydrogen (secondary N) is 1. The second-order valence-corrected chi connectivity index (χ2v) is 6.56. The van der Waals surface area contributed by atoms with Gasteiger partial charge < -0.3 is 20.1 Å². The molecule has 1 atom stereocenters. The molecule has 1 heterocycles. The topological polar surface area (TPSA) is 95.9 Å². The van der Waals surface area contributed by atoms with E-state index in [2.05, 4.69) is 10.1 Å². The van der Waals surface area contributed by atoms with Crippen LogP contribution in [0, 0.1) is 6.92 Å². The summed E-state index contributed by atoms with van der Waals surface area (Å²) in [6, 6.07) is 2.88. The van der Waals surface area contributed by atoms with E-state index < -0.39 is 23.4 Å². The first-order valence-electron chi connectivity index (χ1n) is 7.92. The first kappa shape index (κ1) is 19.2. The number of esters is 1. The highest BCUT2D eigenvalue weighted by molar-refractivity contribution is 6.41. The van der Waals surface area contributed by atoms with Crippen LogP contribution in [0.2, 0.25) is 5.02 Å². The number of methoxy groups -OCH3 is 1. The zero-order valence-corrected chi connectivity index (χ0v) is 15.1. The summed E-state index contributed by atoms with van der Waals surface area (Å²) in [5, 5.41) is 12.8. The van der Waals surface area contributed by atoms with E-state index in [1.807, 2.05) is 6.92 Å². The van der Waals surface area contributed by atoms with E-state index in [0.29, 0.717) is 24.9 Å². The zero-order valence-electron chi connectivity index (χ0n) is 14.4. The lowest BCUT2D eigenvalue weighted by atomic mass is 10.0. The van der Waals surface area contributed by atoms with Gasteiger partial charge in [-0.2, -0.15) is 0 Å². The highest BCUT2D eigenvalue weighted by atomic mass is 35.5. The number of aryl methyl sites for hydroxylation is 1. The van der Waals surface area contributed by atoms with Gasteiger partial charge in [-0.3, -0.25) is 9.59 Å². The summed E-state index contributed by atoms with van der Waals surface area (Å²) in [6.45, 7) is 3.94. The summed E-state index contributed by atoms with van der Waals surface area (Å²) in [6.07, 6.45) is 0.953. The molecule has 136 valence electrons. The van der Waals surface area contributed by atoms with Gasteiger partial charge in [0, 0.05) is 13.1 Å². The second kappa shape index (κ2) is 7.41. The Hall–Kier alpha value is -2.12. The van der Waals surface area contributed by atoms with Gasteiger partial charge in [-0.25, -0.2) is 4.79 Å². The molecule has 2 rings (SSSR count). The Labute approximate surface area is 150 Å². The molecule has 2 N–H and O–H groups in total. The van der Waals surface area contributed by atoms with Crippen LogP contribution in [-0.4, -0.2) is 53.6 Å². The maximum Gasteiger partial charge on any atom is 0.337 e. The third-order valence-corrected chi connectivity index (χ3v) is 4.72. The van der Waals surface area contributed by atoms with Crippen molar-refractivity contribution in [3.8, 4) is 0 Å². The van der Waals surface area contributed by atoms with E-state index in [4.69, 9.17) is 11.6 Å². The molecule has 1 unspecified atom stereocenters. The summed E-state index contributed by atoms with van der Waals surface area (Å²) in [5.74, 6) is -2.11. The van der Waals surface area contributed by atoms with E-state index >= 15 is 0 Å². The maximum absolute atomic E-state index is 12.3. The van der Waals surface area contributed by atoms with E-state index in [9.17, 15) is 19.5 Å². The molecule has 0 spiro atoms. The van der Waals surface area contributed by atoms with Crippen LogP contribution >= 0.6 is 11.6 Å². The van der Waals surface area contributed by atoms with Gasteiger partial charge in [0.05, 0.1) is 29.0 Å². The minimum atomic E-state index is -0.939. The van der Waals surface area contributed by atoms with Crippen molar-refractivity contribution in [2.24, 2.45) is 0 Å². The molecule has 25 heavy (non-hydrogen) atoms. The number of aliphatic hydroxyl groups is 1. The molecule has 0 bridgehead atoms. The lowest BCUT2D eigenvalue weighted by molar-refractivity contribution is -0.143. The second-order valence-electron chi connectivity index (χ2n) is 6.15. The van der Waals surface area contributed by atoms with Crippen LogP contribution in [0.1, 0.15) is 35.7 Å². The zero-order chi connectivity index (χ0) is 18.8. The fourth-order valence-electron chi connectivity index (χ4n) is 2.77. The summed E-state index contributed by atoms with van der Waals surface area (Å²) in [4.78, 5) is 37.4. The number of anilines is 1. The SMILES string of the molecule is CCC1(O)CCN(C(=O)C(=O)Nc2c(C)cc(C(=O)OC)cc2Cl)C1. The van der Waals surface area contributed by atoms with Crippen LogP contribution in [-0.2, 0) is 14.3 Å². The summed E-state index contributed by atoms with van der Waals surface area (Å²) >= 11 is 6.12. The first-order chi connectivity index (χ1) is 11.7. The standard InChI is InChI=1S/C17H21ClN2O5/c1-4-17(24)5-6-20(9-17)15(22)14(21)19-13-10(2)7-11(8-12(13)18)16(23)25-3/h7-8,24H,4-6,9H2,1-3H3,(H,19,21). The Kier molecular flexibility index (Phi) is 5.69. The molecule has 1 fully saturated rings. The first-order valence-corrected chi connectivity index (χ1v) is 8.29. The molecule has 1 aromatic carbocycles. The van der Waals surface area contributed by atoms with E-state index in [0.717, 1.165) is 0 Å². The number of rotatable bonds is 3. The Balaban J connectivity index is 2.13. The van der Waals surface area contributed by atoms with E-state index in [1.165, 1.54) is 24.1 Å². The van der Waals surface area contributed by atoms with Crippen molar-refractivity contribution in [1.82, 2.24) is 4.90 Å². The third-order valence-electron chi connectivity index (χ3n) is 4.42. The summed E-state index contributed by atoms with van der Waals surface area (Å²) < 4.78 is 4.63. The monoisotopic (exact) mass is 368 g/mol. The number of carbonyl (C=O) groups excluding carboxylic acids is 3. The molecule has 7 nitrogen and oxygen atoms in total. The molecule has 0 radical (unpaired) electrons. The molecule has 8 heteroatoms. The predicted molar refractivity (Wildman–Crippen MR) is 92.6 cm³/mol. The van der Waals surface area contributed by atoms with Crippen LogP contribution in [0.5, 0.6) is 0 Å². The average Bonchev–Trinajstić information content (AvgIpc) is 2.99. The van der Waals surface area contributed by atoms with Crippen LogP contribution in [0.25, 0.3) is 0 Å². The number of likely N-dealkylation sites (tertiary alicyclic amines) is 1. The summed E-state index contributed by atoms with van der Waals surface area (Å²) in [5.41, 5.74) is 0.103. The number of hydrogen-bond acceptors (Lipinski definition) is 5. The van der Waals surface area contributed by atoms with Gasteiger partial charge in [-0.15, -0.1) is 0 Å². The van der Waals surface area contributed by atoms with E-state index in [-0.39, 0.29) is 22.8 Å². The third kappa shape index (κ3) is 4.11. The fraction of sp³-hybridized carbons (Fsp3) is 0.471. The summed E-state index contributed by atoms with van der Waals surface area (Å²) in [7, 11) is 1.26. The van der Waals surface area contributed by atoms with Crippen molar-refractivity contribution in [3.63, 3.8) is 0 Å². The number of nitrogens with zero attached hydrogens (tertiary/aromatic N) is 1. The quantitative estimate of drug-likeness (QED) is 0.626. The van der Waals surface area contributed by atoms with Gasteiger partial charge in [0.1, 0.15) is 0 Å². The van der Waals surface area contributed by atoms with Crippen molar-refractivity contribution in [3.05, 3.63) is 28.3 Å². The van der Waals surface area contributed by atoms with Gasteiger partial charge in [-0.05, 0) is 37.5 Å². The maximum atomic E-state index is 12.3. The highest BCUT2D eigenvalue weighted by Gasteiger charge is 2.38. The van der Waals surface area contributed by atoms with Crippen molar-refractivity contribution in [1.29, 1.82) is 0 Å². The smallest absolute Gasteiger partial charge is 0.337 e. The molecule has 1 aliphatic rings. The molecule has 2 amide bonds. The number of benzene rings is 1. The molecule has 1 saturated heterocycles. The van der Waals surface area contributed by atoms with Gasteiger partial charge in [0.15, 0.2) is 0 Å². The normalized spacial score (nSPS) is 19.6. The number of β-amino-alcohol motifs (C(OH)–C–C–N with tert-alkyl or cyclic N) is 1. The minimum absolute atomic E-state index is 0.129. The van der Waals surface area contributed by atoms with Gasteiger partial charge >= 0.3 is 17.8 Å². The molecule has 1 aliphatic heterocycles. The fourth-order valence-corrected chi connectivity index (χ4v) is 3.08. The Morgan fingerprint density at radius 3 is 2.60 bits per heavy atom. The number of halogens is 1. The number of amides is 2. The molecular weight excluding hydrogens is 348 g/mol. The van der Waals surface area contributed by atoms with E-state index in [1.54, 1.807) is 6.92 Å². The van der Waals surface area contributed by atoms with Crippen LogP contribution in [0.3, 0.4) is 0 Å². The predicted octanol–water partition coefficient (Wildman–Crippen LogP) is 1.75. The van der Waals surface area contributed by atoms with Gasteiger partial charge in [-0.1, -0.05) is 18.5 Å². The van der Waals surface area contributed by atoms with Crippen molar-refractivity contribution in [2.75, 3.05) is 25.5 Å². The number of ether oxygens (including phenoxy) is 1. The number of carbonyl (C=O) groups is 3. The van der Waals surface area contributed by atoms with Crippen molar-refractivity contribution >= 4 is 35.1 Å². The van der Waals surface area contributed by atoms with Gasteiger partial charge in [0.2, 0.25) is 0 Å². The van der Waals surface area contributed by atoms with Crippen molar-refractivity contribution in [2.45, 2.75) is 32.3 Å². The highest BCUT2D eigenvalue weighted by Crippen LogP contribution is 2.29. The lowest BCUT2D eigenvalue weighted by Gasteiger charge is -2.21. The van der Waals surface area contributed by atoms with Gasteiger partial charge in [0.25, 0.3) is 0 Å². The lowest BCUT2D eigenvalue weighted by Crippen LogP contribution is -2.41. The van der Waals surface area contributed by atoms with Crippen LogP contribution < -0.4 is 5.32 Å². The molecule has 0 saturated carbocycles. The van der Waals surface area contributed by atoms with Crippen LogP contribution in [0.4, 0.5) is 5.69 Å². The van der Waals surface area contributed by atoms with Crippen molar-refractivity contribution < 1.29 is 24.2 Å². The molecule has 0 aliphatic carbocycles. The molecular formula is C17H21ClN2O5. The van der Waals surface area contributed by atoms with Crippen LogP contribution in [0.15, 0.2) is 12.1 Å². The molecule has 0 aromatic heterocycles. The average molecular weight is 369 g/mol. The Morgan fingerprint density at radius 1 is 1.40 bits per heavy atom. The Morgan fingerprint density at radius 2 is 2.08 bits per heavy atom. The number of hydrogen-bond donors (Lipinski definition) is 2. The Bertz CT molecular complexity index is 698. The molecule has 1 aromatic rings. The minimum Gasteiger partial charge on any atom is -0.465 e. The largest absolute Gasteiger partial charge is 0.465 e.